The number of nitrogens with one attached hydrogen (secondary N) is 1. The van der Waals surface area contributed by atoms with Crippen LogP contribution in [0.1, 0.15) is 25.3 Å². The van der Waals surface area contributed by atoms with Crippen molar-refractivity contribution in [2.75, 3.05) is 19.6 Å². The predicted octanol–water partition coefficient (Wildman–Crippen LogP) is 1.29. The Bertz CT molecular complexity index is 473. The number of rotatable bonds is 6. The van der Waals surface area contributed by atoms with Crippen LogP contribution in [0.5, 0.6) is 0 Å². The molecule has 110 valence electrons. The first kappa shape index (κ1) is 14.9. The van der Waals surface area contributed by atoms with Gasteiger partial charge in [0.25, 0.3) is 0 Å². The number of aliphatic hydroxyl groups is 1. The van der Waals surface area contributed by atoms with Gasteiger partial charge in [-0.1, -0.05) is 31.5 Å². The Morgan fingerprint density at radius 1 is 1.45 bits per heavy atom. The van der Waals surface area contributed by atoms with Crippen molar-refractivity contribution >= 4 is 5.91 Å². The molecular formula is C15H21FN2O2. The van der Waals surface area contributed by atoms with Crippen molar-refractivity contribution in [1.82, 2.24) is 10.2 Å². The average Bonchev–Trinajstić information content (AvgIpc) is 2.36. The third-order valence-corrected chi connectivity index (χ3v) is 3.55. The van der Waals surface area contributed by atoms with E-state index < -0.39 is 5.60 Å². The first-order valence-electron chi connectivity index (χ1n) is 6.97. The van der Waals surface area contributed by atoms with Crippen molar-refractivity contribution < 1.29 is 14.3 Å². The molecule has 1 fully saturated rings. The van der Waals surface area contributed by atoms with Crippen molar-refractivity contribution in [2.24, 2.45) is 0 Å². The van der Waals surface area contributed by atoms with Gasteiger partial charge < -0.3 is 10.4 Å². The summed E-state index contributed by atoms with van der Waals surface area (Å²) in [6.45, 7) is 3.54. The Balaban J connectivity index is 1.71. The van der Waals surface area contributed by atoms with Gasteiger partial charge in [-0.15, -0.1) is 0 Å². The molecule has 1 aromatic carbocycles. The Morgan fingerprint density at radius 2 is 2.15 bits per heavy atom. The van der Waals surface area contributed by atoms with Gasteiger partial charge in [-0.25, -0.2) is 4.39 Å². The lowest BCUT2D eigenvalue weighted by Crippen LogP contribution is -2.63. The molecule has 1 saturated heterocycles. The van der Waals surface area contributed by atoms with Gasteiger partial charge in [0.2, 0.25) is 5.91 Å². The van der Waals surface area contributed by atoms with E-state index in [1.54, 1.807) is 18.2 Å². The first-order chi connectivity index (χ1) is 9.52. The molecule has 0 radical (unpaired) electrons. The van der Waals surface area contributed by atoms with Crippen LogP contribution in [-0.4, -0.2) is 41.1 Å². The number of β-amino-alcohol motifs (C(OH)–C–C–N with tert-alkyl or cyclic N) is 1. The van der Waals surface area contributed by atoms with Gasteiger partial charge >= 0.3 is 0 Å². The molecule has 2 N–H and O–H groups in total. The maximum atomic E-state index is 13.4. The summed E-state index contributed by atoms with van der Waals surface area (Å²) in [5.41, 5.74) is -0.146. The number of hydrogen-bond acceptors (Lipinski definition) is 3. The minimum Gasteiger partial charge on any atom is -0.387 e. The highest BCUT2D eigenvalue weighted by molar-refractivity contribution is 5.78. The van der Waals surface area contributed by atoms with Crippen molar-refractivity contribution in [3.8, 4) is 0 Å². The van der Waals surface area contributed by atoms with E-state index in [1.807, 2.05) is 11.8 Å². The number of likely N-dealkylation sites (tertiary alicyclic amines) is 1. The van der Waals surface area contributed by atoms with Gasteiger partial charge in [0, 0.05) is 25.2 Å². The minimum absolute atomic E-state index is 0.146. The number of nitrogens with zero attached hydrogens (tertiary/aromatic N) is 1. The molecule has 20 heavy (non-hydrogen) atoms. The summed E-state index contributed by atoms with van der Waals surface area (Å²) in [4.78, 5) is 13.6. The summed E-state index contributed by atoms with van der Waals surface area (Å²) in [7, 11) is 0. The Hall–Kier alpha value is -1.46. The second-order valence-corrected chi connectivity index (χ2v) is 5.49. The van der Waals surface area contributed by atoms with E-state index in [0.717, 1.165) is 12.8 Å². The third-order valence-electron chi connectivity index (χ3n) is 3.55. The van der Waals surface area contributed by atoms with Gasteiger partial charge in [-0.3, -0.25) is 9.69 Å². The standard InChI is InChI=1S/C15H21FN2O2/c1-2-7-15(20)10-18(11-15)9-14(19)17-8-12-5-3-4-6-13(12)16/h3-6,20H,2,7-11H2,1H3,(H,17,19). The highest BCUT2D eigenvalue weighted by atomic mass is 19.1. The largest absolute Gasteiger partial charge is 0.387 e. The Kier molecular flexibility index (Phi) is 4.73. The molecular weight excluding hydrogens is 259 g/mol. The topological polar surface area (TPSA) is 52.6 Å². The summed E-state index contributed by atoms with van der Waals surface area (Å²) in [5, 5.41) is 12.7. The summed E-state index contributed by atoms with van der Waals surface area (Å²) >= 11 is 0. The third kappa shape index (κ3) is 3.77. The molecule has 1 heterocycles. The average molecular weight is 280 g/mol. The van der Waals surface area contributed by atoms with Crippen molar-refractivity contribution in [1.29, 1.82) is 0 Å². The van der Waals surface area contributed by atoms with Gasteiger partial charge in [0.15, 0.2) is 0 Å². The fourth-order valence-corrected chi connectivity index (χ4v) is 2.62. The highest BCUT2D eigenvalue weighted by Crippen LogP contribution is 2.25. The molecule has 2 rings (SSSR count). The lowest BCUT2D eigenvalue weighted by atomic mass is 9.89. The molecule has 0 atom stereocenters. The highest BCUT2D eigenvalue weighted by Gasteiger charge is 2.40. The second-order valence-electron chi connectivity index (χ2n) is 5.49. The zero-order chi connectivity index (χ0) is 14.6. The van der Waals surface area contributed by atoms with E-state index in [-0.39, 0.29) is 24.8 Å². The second kappa shape index (κ2) is 6.33. The molecule has 0 aliphatic carbocycles. The summed E-state index contributed by atoms with van der Waals surface area (Å²) in [6, 6.07) is 6.39. The van der Waals surface area contributed by atoms with Crippen LogP contribution in [0.4, 0.5) is 4.39 Å². The molecule has 0 aromatic heterocycles. The van der Waals surface area contributed by atoms with Crippen LogP contribution in [0, 0.1) is 5.82 Å². The predicted molar refractivity (Wildman–Crippen MR) is 74.5 cm³/mol. The Morgan fingerprint density at radius 3 is 2.80 bits per heavy atom. The van der Waals surface area contributed by atoms with Crippen LogP contribution in [0.25, 0.3) is 0 Å². The smallest absolute Gasteiger partial charge is 0.234 e. The van der Waals surface area contributed by atoms with E-state index in [9.17, 15) is 14.3 Å². The van der Waals surface area contributed by atoms with Crippen LogP contribution in [-0.2, 0) is 11.3 Å². The van der Waals surface area contributed by atoms with E-state index in [4.69, 9.17) is 0 Å². The van der Waals surface area contributed by atoms with E-state index in [2.05, 4.69) is 5.32 Å². The van der Waals surface area contributed by atoms with Crippen molar-refractivity contribution in [2.45, 2.75) is 31.9 Å². The maximum absolute atomic E-state index is 13.4. The molecule has 4 nitrogen and oxygen atoms in total. The summed E-state index contributed by atoms with van der Waals surface area (Å²) in [6.07, 6.45) is 1.70. The van der Waals surface area contributed by atoms with E-state index in [0.29, 0.717) is 18.7 Å². The molecule has 1 aliphatic rings. The lowest BCUT2D eigenvalue weighted by Gasteiger charge is -2.46. The number of halogens is 1. The minimum atomic E-state index is -0.624. The Labute approximate surface area is 118 Å². The van der Waals surface area contributed by atoms with Crippen molar-refractivity contribution in [3.63, 3.8) is 0 Å². The molecule has 5 heteroatoms. The molecule has 0 bridgehead atoms. The first-order valence-corrected chi connectivity index (χ1v) is 6.97. The van der Waals surface area contributed by atoms with Crippen LogP contribution >= 0.6 is 0 Å². The van der Waals surface area contributed by atoms with E-state index >= 15 is 0 Å². The summed E-state index contributed by atoms with van der Waals surface area (Å²) in [5.74, 6) is -0.458. The zero-order valence-corrected chi connectivity index (χ0v) is 11.7. The monoisotopic (exact) mass is 280 g/mol. The number of amides is 1. The quantitative estimate of drug-likeness (QED) is 0.825. The maximum Gasteiger partial charge on any atom is 0.234 e. The molecule has 1 aromatic rings. The molecule has 1 aliphatic heterocycles. The van der Waals surface area contributed by atoms with Gasteiger partial charge in [-0.05, 0) is 12.5 Å². The number of hydrogen-bond donors (Lipinski definition) is 2. The number of carbonyl (C=O) groups excluding carboxylic acids is 1. The van der Waals surface area contributed by atoms with Crippen molar-refractivity contribution in [3.05, 3.63) is 35.6 Å². The molecule has 0 saturated carbocycles. The van der Waals surface area contributed by atoms with Crippen LogP contribution in [0.15, 0.2) is 24.3 Å². The SMILES string of the molecule is CCCC1(O)CN(CC(=O)NCc2ccccc2F)C1. The summed E-state index contributed by atoms with van der Waals surface area (Å²) < 4.78 is 13.4. The fraction of sp³-hybridized carbons (Fsp3) is 0.533. The van der Waals surface area contributed by atoms with Gasteiger partial charge in [-0.2, -0.15) is 0 Å². The zero-order valence-electron chi connectivity index (χ0n) is 11.7. The normalized spacial score (nSPS) is 17.6. The number of carbonyl (C=O) groups is 1. The molecule has 1 amide bonds. The van der Waals surface area contributed by atoms with Crippen LogP contribution in [0.3, 0.4) is 0 Å². The number of benzene rings is 1. The van der Waals surface area contributed by atoms with Crippen LogP contribution < -0.4 is 5.32 Å². The van der Waals surface area contributed by atoms with Crippen LogP contribution in [0.2, 0.25) is 0 Å². The molecule has 0 unspecified atom stereocenters. The lowest BCUT2D eigenvalue weighted by molar-refractivity contribution is -0.133. The van der Waals surface area contributed by atoms with Gasteiger partial charge in [0.1, 0.15) is 5.82 Å². The van der Waals surface area contributed by atoms with E-state index in [1.165, 1.54) is 6.07 Å². The van der Waals surface area contributed by atoms with Gasteiger partial charge in [0.05, 0.1) is 12.1 Å². The molecule has 0 spiro atoms. The fourth-order valence-electron chi connectivity index (χ4n) is 2.62.